The third kappa shape index (κ3) is 6.93. The number of ether oxygens (including phenoxy) is 3. The maximum Gasteiger partial charge on any atom is 0.311 e. The second-order valence-corrected chi connectivity index (χ2v) is 8.66. The van der Waals surface area contributed by atoms with Crippen LogP contribution in [0.5, 0.6) is 0 Å². The van der Waals surface area contributed by atoms with Crippen LogP contribution in [0.1, 0.15) is 79.1 Å². The van der Waals surface area contributed by atoms with Crippen LogP contribution in [0.4, 0.5) is 0 Å². The van der Waals surface area contributed by atoms with Crippen molar-refractivity contribution in [2.75, 3.05) is 0 Å². The Morgan fingerprint density at radius 2 is 1.48 bits per heavy atom. The highest BCUT2D eigenvalue weighted by molar-refractivity contribution is 5.73. The van der Waals surface area contributed by atoms with Gasteiger partial charge in [-0.25, -0.2) is 0 Å². The SMILES string of the molecule is CC[C@H](O)C[C@@H]1CC[C@H]([C@H](C)C(=O)O[C@H](CC)C[C@@H]2CC[C@H]([C@H](C)C(=O)O)O2)O1. The number of aliphatic hydroxyl groups is 1. The van der Waals surface area contributed by atoms with Crippen molar-refractivity contribution >= 4 is 11.9 Å². The average molecular weight is 415 g/mol. The van der Waals surface area contributed by atoms with Crippen molar-refractivity contribution in [2.45, 2.75) is 116 Å². The van der Waals surface area contributed by atoms with E-state index in [-0.39, 0.29) is 48.5 Å². The van der Waals surface area contributed by atoms with Crippen LogP contribution in [0.15, 0.2) is 0 Å². The third-order valence-corrected chi connectivity index (χ3v) is 6.43. The minimum absolute atomic E-state index is 0.00668. The molecule has 8 atom stereocenters. The fourth-order valence-corrected chi connectivity index (χ4v) is 4.19. The van der Waals surface area contributed by atoms with Gasteiger partial charge in [-0.2, -0.15) is 0 Å². The molecule has 7 nitrogen and oxygen atoms in total. The van der Waals surface area contributed by atoms with Crippen LogP contribution in [0, 0.1) is 11.8 Å². The fourth-order valence-electron chi connectivity index (χ4n) is 4.19. The first-order valence-electron chi connectivity index (χ1n) is 11.2. The largest absolute Gasteiger partial charge is 0.481 e. The van der Waals surface area contributed by atoms with Crippen LogP contribution >= 0.6 is 0 Å². The molecule has 0 aliphatic carbocycles. The maximum absolute atomic E-state index is 12.6. The topological polar surface area (TPSA) is 102 Å². The first-order valence-corrected chi connectivity index (χ1v) is 11.2. The Kier molecular flexibility index (Phi) is 9.37. The van der Waals surface area contributed by atoms with Gasteiger partial charge >= 0.3 is 11.9 Å². The molecular formula is C22H38O7. The summed E-state index contributed by atoms with van der Waals surface area (Å²) in [6, 6.07) is 0. The zero-order chi connectivity index (χ0) is 21.6. The summed E-state index contributed by atoms with van der Waals surface area (Å²) < 4.78 is 17.6. The fraction of sp³-hybridized carbons (Fsp3) is 0.909. The van der Waals surface area contributed by atoms with Gasteiger partial charge in [-0.15, -0.1) is 0 Å². The van der Waals surface area contributed by atoms with E-state index in [4.69, 9.17) is 19.3 Å². The number of hydrogen-bond acceptors (Lipinski definition) is 6. The molecule has 2 fully saturated rings. The van der Waals surface area contributed by atoms with Crippen LogP contribution in [0.2, 0.25) is 0 Å². The van der Waals surface area contributed by atoms with Crippen molar-refractivity contribution in [3.05, 3.63) is 0 Å². The van der Waals surface area contributed by atoms with Gasteiger partial charge in [0.2, 0.25) is 0 Å². The Hall–Kier alpha value is -1.18. The molecule has 2 rings (SSSR count). The lowest BCUT2D eigenvalue weighted by atomic mass is 10.00. The molecule has 2 heterocycles. The molecule has 168 valence electrons. The number of carboxylic acids is 1. The van der Waals surface area contributed by atoms with E-state index in [1.165, 1.54) is 0 Å². The quantitative estimate of drug-likeness (QED) is 0.500. The predicted octanol–water partition coefficient (Wildman–Crippen LogP) is 3.31. The second kappa shape index (κ2) is 11.3. The number of rotatable bonds is 11. The summed E-state index contributed by atoms with van der Waals surface area (Å²) >= 11 is 0. The standard InChI is InChI=1S/C22H38O7/c1-5-15(23)11-17-7-10-20(27-17)14(4)22(26)29-16(6-2)12-18-8-9-19(28-18)13(3)21(24)25/h13-20,23H,5-12H2,1-4H3,(H,24,25)/t13-,14-,15-,16+,17-,18-,19+,20+/m0/s1. The smallest absolute Gasteiger partial charge is 0.311 e. The highest BCUT2D eigenvalue weighted by Crippen LogP contribution is 2.31. The van der Waals surface area contributed by atoms with Gasteiger partial charge in [-0.05, 0) is 58.8 Å². The van der Waals surface area contributed by atoms with Crippen LogP contribution in [0.25, 0.3) is 0 Å². The van der Waals surface area contributed by atoms with E-state index in [9.17, 15) is 14.7 Å². The maximum atomic E-state index is 12.6. The van der Waals surface area contributed by atoms with Crippen LogP contribution in [-0.4, -0.2) is 58.8 Å². The molecule has 0 aromatic carbocycles. The van der Waals surface area contributed by atoms with Crippen LogP contribution < -0.4 is 0 Å². The summed E-state index contributed by atoms with van der Waals surface area (Å²) in [4.78, 5) is 23.8. The van der Waals surface area contributed by atoms with Gasteiger partial charge in [-0.1, -0.05) is 13.8 Å². The van der Waals surface area contributed by atoms with E-state index in [1.54, 1.807) is 6.92 Å². The molecule has 2 aliphatic rings. The van der Waals surface area contributed by atoms with Crippen molar-refractivity contribution in [1.29, 1.82) is 0 Å². The normalized spacial score (nSPS) is 31.2. The highest BCUT2D eigenvalue weighted by Gasteiger charge is 2.37. The van der Waals surface area contributed by atoms with Gasteiger partial charge < -0.3 is 24.4 Å². The van der Waals surface area contributed by atoms with Gasteiger partial charge in [0.25, 0.3) is 0 Å². The number of aliphatic carboxylic acids is 1. The van der Waals surface area contributed by atoms with E-state index in [1.807, 2.05) is 20.8 Å². The van der Waals surface area contributed by atoms with E-state index in [0.29, 0.717) is 25.7 Å². The summed E-state index contributed by atoms with van der Waals surface area (Å²) in [5.41, 5.74) is 0. The lowest BCUT2D eigenvalue weighted by molar-refractivity contribution is -0.160. The van der Waals surface area contributed by atoms with Crippen molar-refractivity contribution in [2.24, 2.45) is 11.8 Å². The number of carboxylic acid groups (broad SMARTS) is 1. The highest BCUT2D eigenvalue weighted by atomic mass is 16.6. The van der Waals surface area contributed by atoms with Crippen LogP contribution in [0.3, 0.4) is 0 Å². The van der Waals surface area contributed by atoms with Gasteiger partial charge in [0, 0.05) is 6.42 Å². The summed E-state index contributed by atoms with van der Waals surface area (Å²) in [6.45, 7) is 7.43. The zero-order valence-electron chi connectivity index (χ0n) is 18.2. The number of esters is 1. The average Bonchev–Trinajstić information content (AvgIpc) is 3.35. The molecule has 2 N–H and O–H groups in total. The summed E-state index contributed by atoms with van der Waals surface area (Å²) in [6.07, 6.45) is 4.66. The Morgan fingerprint density at radius 3 is 2.00 bits per heavy atom. The van der Waals surface area contributed by atoms with Crippen molar-refractivity contribution in [3.63, 3.8) is 0 Å². The van der Waals surface area contributed by atoms with Crippen LogP contribution in [-0.2, 0) is 23.8 Å². The second-order valence-electron chi connectivity index (χ2n) is 8.66. The number of carbonyl (C=O) groups excluding carboxylic acids is 1. The van der Waals surface area contributed by atoms with E-state index < -0.39 is 11.9 Å². The summed E-state index contributed by atoms with van der Waals surface area (Å²) in [5, 5.41) is 19.0. The van der Waals surface area contributed by atoms with E-state index in [2.05, 4.69) is 0 Å². The first kappa shape index (κ1) is 24.1. The minimum atomic E-state index is -0.843. The lowest BCUT2D eigenvalue weighted by Crippen LogP contribution is -2.33. The van der Waals surface area contributed by atoms with Gasteiger partial charge in [-0.3, -0.25) is 9.59 Å². The first-order chi connectivity index (χ1) is 13.7. The van der Waals surface area contributed by atoms with E-state index in [0.717, 1.165) is 25.7 Å². The Balaban J connectivity index is 1.78. The number of aliphatic hydroxyl groups excluding tert-OH is 1. The Labute approximate surface area is 174 Å². The van der Waals surface area contributed by atoms with Crippen molar-refractivity contribution < 1.29 is 34.0 Å². The lowest BCUT2D eigenvalue weighted by Gasteiger charge is -2.25. The van der Waals surface area contributed by atoms with Gasteiger partial charge in [0.05, 0.1) is 42.4 Å². The summed E-state index contributed by atoms with van der Waals surface area (Å²) in [5.74, 6) is -1.98. The Morgan fingerprint density at radius 1 is 0.931 bits per heavy atom. The molecule has 29 heavy (non-hydrogen) atoms. The van der Waals surface area contributed by atoms with Crippen molar-refractivity contribution in [1.82, 2.24) is 0 Å². The molecule has 0 aromatic rings. The molecule has 0 amide bonds. The Bertz CT molecular complexity index is 537. The zero-order valence-corrected chi connectivity index (χ0v) is 18.2. The number of hydrogen-bond donors (Lipinski definition) is 2. The molecule has 0 spiro atoms. The molecule has 0 saturated carbocycles. The van der Waals surface area contributed by atoms with Gasteiger partial charge in [0.1, 0.15) is 6.10 Å². The molecule has 0 unspecified atom stereocenters. The third-order valence-electron chi connectivity index (χ3n) is 6.43. The molecule has 0 radical (unpaired) electrons. The van der Waals surface area contributed by atoms with E-state index >= 15 is 0 Å². The molecular weight excluding hydrogens is 376 g/mol. The number of carbonyl (C=O) groups is 2. The minimum Gasteiger partial charge on any atom is -0.481 e. The van der Waals surface area contributed by atoms with Crippen molar-refractivity contribution in [3.8, 4) is 0 Å². The summed E-state index contributed by atoms with van der Waals surface area (Å²) in [7, 11) is 0. The molecule has 0 bridgehead atoms. The molecule has 2 saturated heterocycles. The molecule has 7 heteroatoms. The molecule has 2 aliphatic heterocycles. The monoisotopic (exact) mass is 414 g/mol. The predicted molar refractivity (Wildman–Crippen MR) is 107 cm³/mol. The molecule has 0 aromatic heterocycles. The van der Waals surface area contributed by atoms with Gasteiger partial charge in [0.15, 0.2) is 0 Å².